The molecule has 2 unspecified atom stereocenters. The van der Waals surface area contributed by atoms with Gasteiger partial charge < -0.3 is 15.4 Å². The minimum Gasteiger partial charge on any atom is -0.410 e. The SMILES string of the molecule is CN1CC[C@]2(C)c3cc(OC(=O)Nc4ccccc4)ccc3N(C)[C@H]12.C[C@]12CC3CC(N)(C1)C[C@@](C)(C3)C2. The lowest BCUT2D eigenvalue weighted by Crippen LogP contribution is -2.62. The molecule has 5 fully saturated rings. The minimum atomic E-state index is -0.470. The van der Waals surface area contributed by atoms with E-state index < -0.39 is 6.09 Å². The molecule has 2 aromatic carbocycles. The maximum atomic E-state index is 12.2. The van der Waals surface area contributed by atoms with Gasteiger partial charge in [-0.2, -0.15) is 0 Å². The lowest BCUT2D eigenvalue weighted by Gasteiger charge is -2.64. The summed E-state index contributed by atoms with van der Waals surface area (Å²) in [5.74, 6) is 1.54. The van der Waals surface area contributed by atoms with Crippen molar-refractivity contribution in [2.45, 2.75) is 82.8 Å². The summed E-state index contributed by atoms with van der Waals surface area (Å²) in [4.78, 5) is 16.9. The van der Waals surface area contributed by atoms with Crippen molar-refractivity contribution < 1.29 is 9.53 Å². The number of rotatable bonds is 2. The molecule has 6 nitrogen and oxygen atoms in total. The first-order valence-corrected chi connectivity index (χ1v) is 14.3. The molecule has 0 radical (unpaired) electrons. The second kappa shape index (κ2) is 8.72. The molecule has 1 amide bonds. The van der Waals surface area contributed by atoms with E-state index in [4.69, 9.17) is 10.5 Å². The van der Waals surface area contributed by atoms with E-state index in [1.165, 1.54) is 49.8 Å². The Morgan fingerprint density at radius 2 is 1.66 bits per heavy atom. The molecule has 0 aromatic heterocycles. The molecule has 2 heterocycles. The molecule has 4 saturated carbocycles. The number of amides is 1. The number of carbonyl (C=O) groups excluding carboxylic acids is 1. The molecule has 3 N–H and O–H groups in total. The summed E-state index contributed by atoms with van der Waals surface area (Å²) >= 11 is 0. The molecule has 4 aliphatic carbocycles. The van der Waals surface area contributed by atoms with Crippen molar-refractivity contribution >= 4 is 17.5 Å². The van der Waals surface area contributed by atoms with Crippen molar-refractivity contribution in [3.05, 3.63) is 54.1 Å². The fourth-order valence-corrected chi connectivity index (χ4v) is 9.93. The molecule has 8 rings (SSSR count). The fraction of sp³-hybridized carbons (Fsp3) is 0.594. The Kier molecular flexibility index (Phi) is 5.90. The van der Waals surface area contributed by atoms with Gasteiger partial charge in [0, 0.05) is 35.9 Å². The van der Waals surface area contributed by atoms with Crippen LogP contribution in [-0.2, 0) is 5.41 Å². The van der Waals surface area contributed by atoms with Gasteiger partial charge in [0.15, 0.2) is 0 Å². The Bertz CT molecular complexity index is 1180. The number of hydrogen-bond donors (Lipinski definition) is 2. The highest BCUT2D eigenvalue weighted by atomic mass is 16.6. The van der Waals surface area contributed by atoms with Crippen molar-refractivity contribution in [2.75, 3.05) is 30.9 Å². The molecule has 2 aliphatic heterocycles. The third kappa shape index (κ3) is 4.40. The second-order valence-electron chi connectivity index (χ2n) is 14.2. The third-order valence-corrected chi connectivity index (χ3v) is 10.2. The molecule has 6 heteroatoms. The standard InChI is InChI=1S/C20H23N3O2.C12H21N/c1-20-11-12-22(2)18(20)23(3)17-10-9-15(13-16(17)20)25-19(24)21-14-7-5-4-6-8-14;1-10-3-9-4-11(2,6-10)8-12(13,5-9)7-10/h4-10,13,18H,11-12H2,1-3H3,(H,21,24);9H,3-8,13H2,1-2H3/t18-,20+;9?,10-,11+,12?/m0./s1. The van der Waals surface area contributed by atoms with Crippen LogP contribution < -0.4 is 20.7 Å². The summed E-state index contributed by atoms with van der Waals surface area (Å²) in [6.07, 6.45) is 9.26. The number of nitrogens with one attached hydrogen (secondary N) is 1. The van der Waals surface area contributed by atoms with Gasteiger partial charge in [-0.15, -0.1) is 0 Å². The van der Waals surface area contributed by atoms with Gasteiger partial charge in [-0.1, -0.05) is 39.0 Å². The Hall–Kier alpha value is -2.57. The largest absolute Gasteiger partial charge is 0.417 e. The number of fused-ring (bicyclic) bond motifs is 3. The van der Waals surface area contributed by atoms with Crippen LogP contribution in [0.2, 0.25) is 0 Å². The van der Waals surface area contributed by atoms with Crippen molar-refractivity contribution in [1.82, 2.24) is 4.90 Å². The quantitative estimate of drug-likeness (QED) is 0.486. The van der Waals surface area contributed by atoms with E-state index in [1.54, 1.807) is 0 Å². The highest BCUT2D eigenvalue weighted by molar-refractivity contribution is 5.86. The maximum absolute atomic E-state index is 12.2. The number of nitrogens with zero attached hydrogens (tertiary/aromatic N) is 2. The molecular formula is C32H44N4O2. The van der Waals surface area contributed by atoms with Crippen LogP contribution in [0.15, 0.2) is 48.5 Å². The number of hydrogen-bond acceptors (Lipinski definition) is 5. The molecule has 2 aromatic rings. The summed E-state index contributed by atoms with van der Waals surface area (Å²) in [5.41, 5.74) is 11.2. The lowest BCUT2D eigenvalue weighted by atomic mass is 9.43. The average molecular weight is 517 g/mol. The number of nitrogens with two attached hydrogens (primary N) is 1. The van der Waals surface area contributed by atoms with Gasteiger partial charge in [0.25, 0.3) is 0 Å². The Morgan fingerprint density at radius 1 is 0.974 bits per heavy atom. The van der Waals surface area contributed by atoms with Gasteiger partial charge in [-0.05, 0) is 105 Å². The van der Waals surface area contributed by atoms with Crippen LogP contribution in [-0.4, -0.2) is 43.3 Å². The Balaban J connectivity index is 0.000000169. The summed E-state index contributed by atoms with van der Waals surface area (Å²) in [6.45, 7) is 8.32. The smallest absolute Gasteiger partial charge is 0.410 e. The number of likely N-dealkylation sites (N-methyl/N-ethyl adjacent to an activating group) is 2. The summed E-state index contributed by atoms with van der Waals surface area (Å²) in [6, 6.07) is 15.3. The summed E-state index contributed by atoms with van der Waals surface area (Å²) in [5, 5.41) is 2.75. The molecule has 4 bridgehead atoms. The van der Waals surface area contributed by atoms with E-state index in [0.29, 0.717) is 22.7 Å². The topological polar surface area (TPSA) is 70.8 Å². The lowest BCUT2D eigenvalue weighted by molar-refractivity contribution is -0.104. The van der Waals surface area contributed by atoms with Crippen molar-refractivity contribution in [2.24, 2.45) is 22.5 Å². The van der Waals surface area contributed by atoms with Gasteiger partial charge in [0.2, 0.25) is 0 Å². The number of likely N-dealkylation sites (tertiary alicyclic amines) is 1. The van der Waals surface area contributed by atoms with E-state index in [1.807, 2.05) is 42.5 Å². The van der Waals surface area contributed by atoms with Crippen LogP contribution >= 0.6 is 0 Å². The Morgan fingerprint density at radius 3 is 2.29 bits per heavy atom. The van der Waals surface area contributed by atoms with Gasteiger partial charge >= 0.3 is 6.09 Å². The predicted octanol–water partition coefficient (Wildman–Crippen LogP) is 6.36. The molecule has 6 atom stereocenters. The van der Waals surface area contributed by atoms with E-state index >= 15 is 0 Å². The molecule has 1 saturated heterocycles. The number of para-hydroxylation sites is 1. The zero-order chi connectivity index (χ0) is 26.9. The number of anilines is 2. The highest BCUT2D eigenvalue weighted by Gasteiger charge is 2.58. The highest BCUT2D eigenvalue weighted by Crippen LogP contribution is 2.65. The second-order valence-corrected chi connectivity index (χ2v) is 14.2. The molecule has 6 aliphatic rings. The van der Waals surface area contributed by atoms with Crippen LogP contribution in [0, 0.1) is 16.7 Å². The number of carbonyl (C=O) groups is 1. The van der Waals surface area contributed by atoms with Crippen LogP contribution in [0.5, 0.6) is 5.75 Å². The van der Waals surface area contributed by atoms with Crippen molar-refractivity contribution in [1.29, 1.82) is 0 Å². The van der Waals surface area contributed by atoms with Crippen molar-refractivity contribution in [3.8, 4) is 5.75 Å². The predicted molar refractivity (Wildman–Crippen MR) is 154 cm³/mol. The molecule has 38 heavy (non-hydrogen) atoms. The summed E-state index contributed by atoms with van der Waals surface area (Å²) < 4.78 is 5.52. The average Bonchev–Trinajstić information content (AvgIpc) is 3.22. The van der Waals surface area contributed by atoms with Gasteiger partial charge in [-0.25, -0.2) is 4.79 Å². The van der Waals surface area contributed by atoms with Crippen LogP contribution in [0.4, 0.5) is 16.2 Å². The third-order valence-electron chi connectivity index (χ3n) is 10.2. The molecule has 204 valence electrons. The normalized spacial score (nSPS) is 38.3. The molecular weight excluding hydrogens is 472 g/mol. The van der Waals surface area contributed by atoms with Crippen LogP contribution in [0.1, 0.15) is 71.3 Å². The maximum Gasteiger partial charge on any atom is 0.417 e. The number of ether oxygens (including phenoxy) is 1. The zero-order valence-electron chi connectivity index (χ0n) is 23.7. The minimum absolute atomic E-state index is 0.0636. The first-order chi connectivity index (χ1) is 17.9. The van der Waals surface area contributed by atoms with Crippen molar-refractivity contribution in [3.63, 3.8) is 0 Å². The molecule has 0 spiro atoms. The Labute approximate surface area is 227 Å². The van der Waals surface area contributed by atoms with Gasteiger partial charge in [-0.3, -0.25) is 10.2 Å². The zero-order valence-corrected chi connectivity index (χ0v) is 23.7. The first kappa shape index (κ1) is 25.7. The van der Waals surface area contributed by atoms with Crippen LogP contribution in [0.3, 0.4) is 0 Å². The van der Waals surface area contributed by atoms with E-state index in [9.17, 15) is 4.79 Å². The first-order valence-electron chi connectivity index (χ1n) is 14.3. The monoisotopic (exact) mass is 516 g/mol. The van der Waals surface area contributed by atoms with Gasteiger partial charge in [0.05, 0.1) is 6.17 Å². The summed E-state index contributed by atoms with van der Waals surface area (Å²) in [7, 11) is 4.31. The van der Waals surface area contributed by atoms with E-state index in [2.05, 4.69) is 56.0 Å². The van der Waals surface area contributed by atoms with Crippen LogP contribution in [0.25, 0.3) is 0 Å². The fourth-order valence-electron chi connectivity index (χ4n) is 9.93. The van der Waals surface area contributed by atoms with E-state index in [0.717, 1.165) is 24.6 Å². The van der Waals surface area contributed by atoms with Gasteiger partial charge in [0.1, 0.15) is 5.75 Å². The van der Waals surface area contributed by atoms with E-state index in [-0.39, 0.29) is 11.0 Å². The number of benzene rings is 2.